The molecule has 2 N–H and O–H groups in total. The van der Waals surface area contributed by atoms with Crippen molar-refractivity contribution in [2.75, 3.05) is 31.7 Å². The first-order valence-corrected chi connectivity index (χ1v) is 6.00. The molecular formula is C12H17N3O3. The van der Waals surface area contributed by atoms with E-state index >= 15 is 0 Å². The van der Waals surface area contributed by atoms with Gasteiger partial charge in [0.05, 0.1) is 31.7 Å². The van der Waals surface area contributed by atoms with Crippen LogP contribution in [0, 0.1) is 0 Å². The highest BCUT2D eigenvalue weighted by molar-refractivity contribution is 5.94. The third-order valence-corrected chi connectivity index (χ3v) is 2.53. The summed E-state index contributed by atoms with van der Waals surface area (Å²) >= 11 is 0. The second-order valence-electron chi connectivity index (χ2n) is 3.89. The molecule has 2 rings (SSSR count). The van der Waals surface area contributed by atoms with E-state index in [-0.39, 0.29) is 11.9 Å². The van der Waals surface area contributed by atoms with Crippen LogP contribution in [-0.2, 0) is 9.53 Å². The molecule has 98 valence electrons. The molecule has 1 aromatic rings. The summed E-state index contributed by atoms with van der Waals surface area (Å²) in [5.41, 5.74) is 0.649. The van der Waals surface area contributed by atoms with Gasteiger partial charge < -0.3 is 20.1 Å². The van der Waals surface area contributed by atoms with Crippen molar-refractivity contribution in [3.8, 4) is 5.88 Å². The van der Waals surface area contributed by atoms with Crippen LogP contribution in [0.2, 0.25) is 0 Å². The van der Waals surface area contributed by atoms with Gasteiger partial charge in [0.2, 0.25) is 11.8 Å². The summed E-state index contributed by atoms with van der Waals surface area (Å²) in [7, 11) is 0. The van der Waals surface area contributed by atoms with Crippen LogP contribution < -0.4 is 15.4 Å². The highest BCUT2D eigenvalue weighted by Gasteiger charge is 2.21. The van der Waals surface area contributed by atoms with Gasteiger partial charge in [-0.3, -0.25) is 4.79 Å². The molecule has 1 atom stereocenters. The standard InChI is InChI=1S/C12H17N3O3/c1-2-18-11-4-3-9(7-14-11)15-12(16)10-8-17-6-5-13-10/h3-4,7,10,13H,2,5-6,8H2,1H3,(H,15,16). The molecule has 1 unspecified atom stereocenters. The number of hydrogen-bond acceptors (Lipinski definition) is 5. The fourth-order valence-corrected chi connectivity index (χ4v) is 1.65. The lowest BCUT2D eigenvalue weighted by molar-refractivity contribution is -0.120. The lowest BCUT2D eigenvalue weighted by Gasteiger charge is -2.22. The Kier molecular flexibility index (Phi) is 4.49. The third-order valence-electron chi connectivity index (χ3n) is 2.53. The van der Waals surface area contributed by atoms with Crippen LogP contribution in [0.15, 0.2) is 18.3 Å². The number of ether oxygens (including phenoxy) is 2. The molecule has 1 aliphatic rings. The summed E-state index contributed by atoms with van der Waals surface area (Å²) in [4.78, 5) is 15.9. The predicted octanol–water partition coefficient (Wildman–Crippen LogP) is 0.407. The molecule has 0 bridgehead atoms. The lowest BCUT2D eigenvalue weighted by Crippen LogP contribution is -2.48. The van der Waals surface area contributed by atoms with Gasteiger partial charge >= 0.3 is 0 Å². The van der Waals surface area contributed by atoms with Crippen molar-refractivity contribution in [1.29, 1.82) is 0 Å². The minimum Gasteiger partial charge on any atom is -0.478 e. The zero-order chi connectivity index (χ0) is 12.8. The number of carbonyl (C=O) groups excluding carboxylic acids is 1. The normalized spacial score (nSPS) is 19.3. The molecule has 2 heterocycles. The molecule has 18 heavy (non-hydrogen) atoms. The topological polar surface area (TPSA) is 72.5 Å². The average molecular weight is 251 g/mol. The number of carbonyl (C=O) groups is 1. The zero-order valence-electron chi connectivity index (χ0n) is 10.3. The number of nitrogens with zero attached hydrogens (tertiary/aromatic N) is 1. The fraction of sp³-hybridized carbons (Fsp3) is 0.500. The van der Waals surface area contributed by atoms with Gasteiger partial charge in [-0.1, -0.05) is 0 Å². The van der Waals surface area contributed by atoms with Crippen molar-refractivity contribution in [3.05, 3.63) is 18.3 Å². The number of amides is 1. The number of rotatable bonds is 4. The Morgan fingerprint density at radius 3 is 3.17 bits per heavy atom. The molecule has 1 aromatic heterocycles. The average Bonchev–Trinajstić information content (AvgIpc) is 2.42. The zero-order valence-corrected chi connectivity index (χ0v) is 10.3. The van der Waals surface area contributed by atoms with E-state index in [0.717, 1.165) is 0 Å². The van der Waals surface area contributed by atoms with Crippen molar-refractivity contribution >= 4 is 11.6 Å². The SMILES string of the molecule is CCOc1ccc(NC(=O)C2COCCN2)cn1. The van der Waals surface area contributed by atoms with E-state index in [2.05, 4.69) is 15.6 Å². The van der Waals surface area contributed by atoms with Gasteiger partial charge in [-0.05, 0) is 13.0 Å². The smallest absolute Gasteiger partial charge is 0.243 e. The number of hydrogen-bond donors (Lipinski definition) is 2. The molecule has 1 aliphatic heterocycles. The molecule has 0 saturated carbocycles. The fourth-order valence-electron chi connectivity index (χ4n) is 1.65. The number of morpholine rings is 1. The first-order valence-electron chi connectivity index (χ1n) is 6.00. The molecule has 0 aromatic carbocycles. The molecule has 0 radical (unpaired) electrons. The summed E-state index contributed by atoms with van der Waals surface area (Å²) in [6.45, 7) is 4.21. The van der Waals surface area contributed by atoms with Crippen LogP contribution in [0.25, 0.3) is 0 Å². The quantitative estimate of drug-likeness (QED) is 0.810. The summed E-state index contributed by atoms with van der Waals surface area (Å²) in [6, 6.07) is 3.19. The number of nitrogens with one attached hydrogen (secondary N) is 2. The number of aromatic nitrogens is 1. The molecule has 0 aliphatic carbocycles. The van der Waals surface area contributed by atoms with Crippen molar-refractivity contribution in [3.63, 3.8) is 0 Å². The van der Waals surface area contributed by atoms with Gasteiger partial charge in [0.1, 0.15) is 6.04 Å². The first kappa shape index (κ1) is 12.8. The minimum absolute atomic E-state index is 0.111. The van der Waals surface area contributed by atoms with Gasteiger partial charge in [-0.2, -0.15) is 0 Å². The Morgan fingerprint density at radius 2 is 2.56 bits per heavy atom. The predicted molar refractivity (Wildman–Crippen MR) is 66.6 cm³/mol. The Labute approximate surface area is 106 Å². The van der Waals surface area contributed by atoms with E-state index in [9.17, 15) is 4.79 Å². The van der Waals surface area contributed by atoms with Crippen LogP contribution in [0.5, 0.6) is 5.88 Å². The van der Waals surface area contributed by atoms with Gasteiger partial charge in [-0.25, -0.2) is 4.98 Å². The van der Waals surface area contributed by atoms with E-state index < -0.39 is 0 Å². The molecule has 6 heteroatoms. The molecule has 0 spiro atoms. The Morgan fingerprint density at radius 1 is 1.67 bits per heavy atom. The second-order valence-corrected chi connectivity index (χ2v) is 3.89. The van der Waals surface area contributed by atoms with Crippen LogP contribution in [0.3, 0.4) is 0 Å². The van der Waals surface area contributed by atoms with Crippen LogP contribution in [-0.4, -0.2) is 43.3 Å². The monoisotopic (exact) mass is 251 g/mol. The Hall–Kier alpha value is -1.66. The van der Waals surface area contributed by atoms with Crippen LogP contribution >= 0.6 is 0 Å². The Balaban J connectivity index is 1.89. The van der Waals surface area contributed by atoms with Gasteiger partial charge in [0, 0.05) is 12.6 Å². The highest BCUT2D eigenvalue weighted by atomic mass is 16.5. The van der Waals surface area contributed by atoms with E-state index in [4.69, 9.17) is 9.47 Å². The lowest BCUT2D eigenvalue weighted by atomic mass is 10.2. The summed E-state index contributed by atoms with van der Waals surface area (Å²) < 4.78 is 10.5. The maximum atomic E-state index is 11.9. The van der Waals surface area contributed by atoms with Crippen LogP contribution in [0.1, 0.15) is 6.92 Å². The molecular weight excluding hydrogens is 234 g/mol. The highest BCUT2D eigenvalue weighted by Crippen LogP contribution is 2.12. The van der Waals surface area contributed by atoms with E-state index in [1.807, 2.05) is 6.92 Å². The second kappa shape index (κ2) is 6.32. The number of pyridine rings is 1. The maximum Gasteiger partial charge on any atom is 0.243 e. The summed E-state index contributed by atoms with van der Waals surface area (Å²) in [6.07, 6.45) is 1.58. The largest absolute Gasteiger partial charge is 0.478 e. The van der Waals surface area contributed by atoms with Crippen molar-refractivity contribution in [1.82, 2.24) is 10.3 Å². The molecule has 6 nitrogen and oxygen atoms in total. The minimum atomic E-state index is -0.301. The molecule has 1 saturated heterocycles. The summed E-state index contributed by atoms with van der Waals surface area (Å²) in [5.74, 6) is 0.440. The van der Waals surface area contributed by atoms with Gasteiger partial charge in [0.15, 0.2) is 0 Å². The van der Waals surface area contributed by atoms with Crippen molar-refractivity contribution in [2.45, 2.75) is 13.0 Å². The van der Waals surface area contributed by atoms with Gasteiger partial charge in [0.25, 0.3) is 0 Å². The van der Waals surface area contributed by atoms with Crippen molar-refractivity contribution in [2.24, 2.45) is 0 Å². The Bertz CT molecular complexity index is 388. The summed E-state index contributed by atoms with van der Waals surface area (Å²) in [5, 5.41) is 5.87. The first-order chi connectivity index (χ1) is 8.79. The molecule has 1 fully saturated rings. The third kappa shape index (κ3) is 3.41. The number of anilines is 1. The van der Waals surface area contributed by atoms with E-state index in [0.29, 0.717) is 37.9 Å². The maximum absolute atomic E-state index is 11.9. The van der Waals surface area contributed by atoms with Gasteiger partial charge in [-0.15, -0.1) is 0 Å². The van der Waals surface area contributed by atoms with E-state index in [1.54, 1.807) is 18.3 Å². The van der Waals surface area contributed by atoms with E-state index in [1.165, 1.54) is 0 Å². The molecule has 1 amide bonds. The van der Waals surface area contributed by atoms with Crippen molar-refractivity contribution < 1.29 is 14.3 Å². The van der Waals surface area contributed by atoms with Crippen LogP contribution in [0.4, 0.5) is 5.69 Å².